The molecule has 13 heteroatoms. The van der Waals surface area contributed by atoms with E-state index >= 15 is 0 Å². The summed E-state index contributed by atoms with van der Waals surface area (Å²) in [6.07, 6.45) is 3.25. The monoisotopic (exact) mass is 513 g/mol. The maximum atomic E-state index is 11.9. The second-order valence-corrected chi connectivity index (χ2v) is 9.33. The van der Waals surface area contributed by atoms with E-state index in [2.05, 4.69) is 9.97 Å². The van der Waals surface area contributed by atoms with Gasteiger partial charge in [0.25, 0.3) is 0 Å². The van der Waals surface area contributed by atoms with Crippen molar-refractivity contribution < 1.29 is 4.92 Å². The van der Waals surface area contributed by atoms with Crippen molar-refractivity contribution in [2.75, 3.05) is 13.1 Å². The summed E-state index contributed by atoms with van der Waals surface area (Å²) in [6.45, 7) is 1.77. The van der Waals surface area contributed by atoms with Crippen molar-refractivity contribution >= 4 is 69.3 Å². The second kappa shape index (κ2) is 9.68. The predicted octanol–water partition coefficient (Wildman–Crippen LogP) is 5.49. The molecule has 1 fully saturated rings. The Bertz CT molecular complexity index is 974. The van der Waals surface area contributed by atoms with Gasteiger partial charge in [0.15, 0.2) is 15.3 Å². The topological polar surface area (TPSA) is 75.4 Å². The molecular weight excluding hydrogens is 504 g/mol. The van der Waals surface area contributed by atoms with Crippen LogP contribution >= 0.6 is 69.3 Å². The third-order valence-electron chi connectivity index (χ3n) is 4.04. The summed E-state index contributed by atoms with van der Waals surface area (Å²) in [4.78, 5) is 23.9. The number of pyridine rings is 1. The lowest BCUT2D eigenvalue weighted by atomic mass is 10.2. The van der Waals surface area contributed by atoms with E-state index in [-0.39, 0.29) is 15.2 Å². The van der Waals surface area contributed by atoms with Gasteiger partial charge in [0, 0.05) is 36.9 Å². The number of nitrogens with zero attached hydrogens (tertiary/aromatic N) is 5. The molecule has 0 unspecified atom stereocenters. The van der Waals surface area contributed by atoms with E-state index in [1.54, 1.807) is 24.5 Å². The zero-order valence-corrected chi connectivity index (χ0v) is 19.1. The first-order valence-electron chi connectivity index (χ1n) is 8.06. The third kappa shape index (κ3) is 5.45. The van der Waals surface area contributed by atoms with Crippen molar-refractivity contribution in [3.63, 3.8) is 0 Å². The standard InChI is InChI=1S/C16H12Cl5N5O2S/c17-11-2-1-9(5-22-11)7-24-3-4-25(8-10-6-23-16(21)29-10)15(24)13(26(27)28)12(18)14(19)20/h1-2,5-6H,3-4,7-8H2/b15-13+. The molecule has 0 spiro atoms. The van der Waals surface area contributed by atoms with Crippen molar-refractivity contribution in [2.45, 2.75) is 13.1 Å². The number of thiazole rings is 1. The average molecular weight is 516 g/mol. The minimum Gasteiger partial charge on any atom is -0.346 e. The maximum absolute atomic E-state index is 11.9. The Labute approximate surface area is 195 Å². The van der Waals surface area contributed by atoms with Gasteiger partial charge in [-0.1, -0.05) is 64.1 Å². The summed E-state index contributed by atoms with van der Waals surface area (Å²) in [5.41, 5.74) is 0.455. The minimum atomic E-state index is -0.590. The molecule has 0 aliphatic carbocycles. The van der Waals surface area contributed by atoms with E-state index < -0.39 is 4.92 Å². The zero-order valence-electron chi connectivity index (χ0n) is 14.5. The van der Waals surface area contributed by atoms with Crippen LogP contribution in [0.5, 0.6) is 0 Å². The lowest BCUT2D eigenvalue weighted by Gasteiger charge is -2.24. The number of allylic oxidation sites excluding steroid dienone is 1. The van der Waals surface area contributed by atoms with Crippen LogP contribution in [0.25, 0.3) is 0 Å². The normalized spacial score (nSPS) is 15.6. The largest absolute Gasteiger partial charge is 0.346 e. The Kier molecular flexibility index (Phi) is 7.47. The van der Waals surface area contributed by atoms with Crippen LogP contribution in [0.4, 0.5) is 0 Å². The van der Waals surface area contributed by atoms with Crippen molar-refractivity contribution in [3.8, 4) is 0 Å². The quantitative estimate of drug-likeness (QED) is 0.288. The molecule has 0 aromatic carbocycles. The van der Waals surface area contributed by atoms with E-state index in [4.69, 9.17) is 58.0 Å². The van der Waals surface area contributed by atoms with E-state index in [9.17, 15) is 10.1 Å². The predicted molar refractivity (Wildman–Crippen MR) is 116 cm³/mol. The van der Waals surface area contributed by atoms with E-state index in [1.807, 2.05) is 9.80 Å². The highest BCUT2D eigenvalue weighted by atomic mass is 35.5. The number of halogens is 5. The molecule has 0 atom stereocenters. The van der Waals surface area contributed by atoms with Crippen LogP contribution in [-0.4, -0.2) is 37.8 Å². The number of hydrogen-bond acceptors (Lipinski definition) is 7. The fraction of sp³-hybridized carbons (Fsp3) is 0.250. The Hall–Kier alpha value is -1.29. The molecule has 3 rings (SSSR count). The number of hydrogen-bond donors (Lipinski definition) is 0. The molecule has 3 heterocycles. The van der Waals surface area contributed by atoms with Crippen LogP contribution < -0.4 is 0 Å². The molecule has 0 radical (unpaired) electrons. The lowest BCUT2D eigenvalue weighted by molar-refractivity contribution is -0.423. The second-order valence-electron chi connectivity index (χ2n) is 5.92. The van der Waals surface area contributed by atoms with Crippen LogP contribution in [-0.2, 0) is 13.1 Å². The Morgan fingerprint density at radius 1 is 1.10 bits per heavy atom. The van der Waals surface area contributed by atoms with Crippen molar-refractivity contribution in [3.05, 3.63) is 75.7 Å². The van der Waals surface area contributed by atoms with Crippen LogP contribution in [0.2, 0.25) is 9.62 Å². The molecule has 2 aromatic rings. The SMILES string of the molecule is O=[N+]([O-])/C(C(Cl)=C(Cl)Cl)=C1\N(Cc2ccc(Cl)nc2)CCN1Cc1cnc(Cl)s1. The van der Waals surface area contributed by atoms with Crippen molar-refractivity contribution in [1.82, 2.24) is 19.8 Å². The summed E-state index contributed by atoms with van der Waals surface area (Å²) in [5, 5.41) is 11.9. The minimum absolute atomic E-state index is 0.304. The number of rotatable bonds is 6. The molecule has 0 amide bonds. The van der Waals surface area contributed by atoms with Gasteiger partial charge >= 0.3 is 5.70 Å². The van der Waals surface area contributed by atoms with Crippen LogP contribution in [0.3, 0.4) is 0 Å². The third-order valence-corrected chi connectivity index (χ3v) is 6.30. The van der Waals surface area contributed by atoms with E-state index in [0.29, 0.717) is 41.6 Å². The number of nitro groups is 1. The van der Waals surface area contributed by atoms with Gasteiger partial charge in [-0.3, -0.25) is 10.1 Å². The molecule has 2 aromatic heterocycles. The molecule has 7 nitrogen and oxygen atoms in total. The fourth-order valence-corrected chi connectivity index (χ4v) is 4.31. The van der Waals surface area contributed by atoms with Gasteiger partial charge < -0.3 is 9.80 Å². The van der Waals surface area contributed by atoms with Gasteiger partial charge in [-0.05, 0) is 11.6 Å². The first-order valence-corrected chi connectivity index (χ1v) is 10.8. The molecular formula is C16H12Cl5N5O2S. The molecule has 154 valence electrons. The van der Waals surface area contributed by atoms with Gasteiger partial charge in [0.2, 0.25) is 0 Å². The highest BCUT2D eigenvalue weighted by molar-refractivity contribution is 7.15. The van der Waals surface area contributed by atoms with Gasteiger partial charge in [-0.2, -0.15) is 0 Å². The zero-order chi connectivity index (χ0) is 21.1. The summed E-state index contributed by atoms with van der Waals surface area (Å²) in [7, 11) is 0. The lowest BCUT2D eigenvalue weighted by Crippen LogP contribution is -2.27. The molecule has 0 bridgehead atoms. The molecule has 1 saturated heterocycles. The first kappa shape index (κ1) is 22.4. The number of aromatic nitrogens is 2. The molecule has 29 heavy (non-hydrogen) atoms. The highest BCUT2D eigenvalue weighted by Crippen LogP contribution is 2.34. The average Bonchev–Trinajstić information content (AvgIpc) is 3.24. The fourth-order valence-electron chi connectivity index (χ4n) is 2.88. The summed E-state index contributed by atoms with van der Waals surface area (Å²) < 4.78 is 0.0108. The first-order chi connectivity index (χ1) is 13.8. The summed E-state index contributed by atoms with van der Waals surface area (Å²) in [5.74, 6) is 0.304. The van der Waals surface area contributed by atoms with Gasteiger partial charge in [-0.15, -0.1) is 11.3 Å². The summed E-state index contributed by atoms with van der Waals surface area (Å²) >= 11 is 30.7. The Morgan fingerprint density at radius 2 is 1.79 bits per heavy atom. The van der Waals surface area contributed by atoms with E-state index in [1.165, 1.54) is 11.3 Å². The van der Waals surface area contributed by atoms with Gasteiger partial charge in [0.1, 0.15) is 9.64 Å². The van der Waals surface area contributed by atoms with Crippen LogP contribution in [0.1, 0.15) is 10.4 Å². The molecule has 1 aliphatic rings. The molecule has 0 saturated carbocycles. The summed E-state index contributed by atoms with van der Waals surface area (Å²) in [6, 6.07) is 3.46. The van der Waals surface area contributed by atoms with Gasteiger partial charge in [-0.25, -0.2) is 9.97 Å². The van der Waals surface area contributed by atoms with Crippen molar-refractivity contribution in [2.24, 2.45) is 0 Å². The van der Waals surface area contributed by atoms with Crippen LogP contribution in [0, 0.1) is 10.1 Å². The Balaban J connectivity index is 2.03. The molecule has 1 aliphatic heterocycles. The van der Waals surface area contributed by atoms with Crippen molar-refractivity contribution in [1.29, 1.82) is 0 Å². The van der Waals surface area contributed by atoms with Gasteiger partial charge in [0.05, 0.1) is 11.5 Å². The maximum Gasteiger partial charge on any atom is 0.330 e. The smallest absolute Gasteiger partial charge is 0.330 e. The van der Waals surface area contributed by atoms with E-state index in [0.717, 1.165) is 10.4 Å². The Morgan fingerprint density at radius 3 is 2.31 bits per heavy atom. The highest BCUT2D eigenvalue weighted by Gasteiger charge is 2.36. The molecule has 0 N–H and O–H groups in total. The van der Waals surface area contributed by atoms with Crippen LogP contribution in [0.15, 0.2) is 45.6 Å².